The highest BCUT2D eigenvalue weighted by Crippen LogP contribution is 2.22. The van der Waals surface area contributed by atoms with E-state index in [2.05, 4.69) is 4.72 Å². The van der Waals surface area contributed by atoms with E-state index in [1.54, 1.807) is 7.11 Å². The molecular formula is C12H15ClN2O3S. The lowest BCUT2D eigenvalue weighted by atomic mass is 10.2. The molecule has 1 unspecified atom stereocenters. The molecule has 1 aromatic carbocycles. The van der Waals surface area contributed by atoms with Crippen LogP contribution in [-0.4, -0.2) is 28.7 Å². The van der Waals surface area contributed by atoms with Gasteiger partial charge < -0.3 is 4.74 Å². The summed E-state index contributed by atoms with van der Waals surface area (Å²) in [6.45, 7) is 2.59. The van der Waals surface area contributed by atoms with Crippen LogP contribution in [0.1, 0.15) is 12.5 Å². The average Bonchev–Trinajstić information content (AvgIpc) is 2.36. The van der Waals surface area contributed by atoms with Crippen LogP contribution in [0.3, 0.4) is 0 Å². The molecule has 0 spiro atoms. The normalized spacial score (nSPS) is 12.9. The summed E-state index contributed by atoms with van der Waals surface area (Å²) < 4.78 is 31.5. The van der Waals surface area contributed by atoms with E-state index in [-0.39, 0.29) is 22.4 Å². The molecule has 0 bridgehead atoms. The van der Waals surface area contributed by atoms with Crippen molar-refractivity contribution in [2.45, 2.75) is 11.8 Å². The molecule has 0 aliphatic carbocycles. The molecule has 0 amide bonds. The van der Waals surface area contributed by atoms with Gasteiger partial charge in [-0.1, -0.05) is 18.5 Å². The average molecular weight is 303 g/mol. The van der Waals surface area contributed by atoms with Gasteiger partial charge in [-0.25, -0.2) is 13.1 Å². The van der Waals surface area contributed by atoms with E-state index >= 15 is 0 Å². The summed E-state index contributed by atoms with van der Waals surface area (Å²) in [6.07, 6.45) is 0. The van der Waals surface area contributed by atoms with E-state index < -0.39 is 10.0 Å². The van der Waals surface area contributed by atoms with Crippen molar-refractivity contribution in [3.05, 3.63) is 28.8 Å². The predicted octanol–water partition coefficient (Wildman–Crippen LogP) is 1.77. The Bertz CT molecular complexity index is 581. The van der Waals surface area contributed by atoms with Gasteiger partial charge in [0.15, 0.2) is 0 Å². The van der Waals surface area contributed by atoms with Crippen molar-refractivity contribution >= 4 is 21.6 Å². The minimum Gasteiger partial charge on any atom is -0.384 e. The second kappa shape index (κ2) is 6.87. The Balaban J connectivity index is 2.86. The number of halogens is 1. The van der Waals surface area contributed by atoms with E-state index in [9.17, 15) is 8.42 Å². The maximum Gasteiger partial charge on any atom is 0.242 e. The molecule has 1 rings (SSSR count). The Labute approximate surface area is 118 Å². The minimum atomic E-state index is -3.68. The summed E-state index contributed by atoms with van der Waals surface area (Å²) in [5.41, 5.74) is 0.316. The Morgan fingerprint density at radius 1 is 1.53 bits per heavy atom. The molecule has 1 N–H and O–H groups in total. The van der Waals surface area contributed by atoms with Crippen molar-refractivity contribution < 1.29 is 13.2 Å². The molecule has 7 heteroatoms. The smallest absolute Gasteiger partial charge is 0.242 e. The molecule has 0 saturated heterocycles. The van der Waals surface area contributed by atoms with Gasteiger partial charge in [0.25, 0.3) is 0 Å². The summed E-state index contributed by atoms with van der Waals surface area (Å²) >= 11 is 5.87. The monoisotopic (exact) mass is 302 g/mol. The number of nitriles is 1. The second-order valence-electron chi connectivity index (χ2n) is 4.17. The van der Waals surface area contributed by atoms with E-state index in [1.165, 1.54) is 18.2 Å². The van der Waals surface area contributed by atoms with Gasteiger partial charge in [-0.05, 0) is 24.1 Å². The van der Waals surface area contributed by atoms with Crippen LogP contribution in [0.25, 0.3) is 0 Å². The number of hydrogen-bond donors (Lipinski definition) is 1. The van der Waals surface area contributed by atoms with E-state index in [1.807, 2.05) is 13.0 Å². The lowest BCUT2D eigenvalue weighted by Crippen LogP contribution is -2.30. The highest BCUT2D eigenvalue weighted by molar-refractivity contribution is 7.89. The van der Waals surface area contributed by atoms with Crippen molar-refractivity contribution in [1.29, 1.82) is 5.26 Å². The van der Waals surface area contributed by atoms with E-state index in [4.69, 9.17) is 21.6 Å². The van der Waals surface area contributed by atoms with E-state index in [0.717, 1.165) is 0 Å². The van der Waals surface area contributed by atoms with Crippen molar-refractivity contribution in [2.75, 3.05) is 20.3 Å². The van der Waals surface area contributed by atoms with E-state index in [0.29, 0.717) is 12.2 Å². The fraction of sp³-hybridized carbons (Fsp3) is 0.417. The quantitative estimate of drug-likeness (QED) is 0.868. The number of benzene rings is 1. The Kier molecular flexibility index (Phi) is 5.76. The highest BCUT2D eigenvalue weighted by Gasteiger charge is 2.18. The molecule has 1 atom stereocenters. The van der Waals surface area contributed by atoms with Crippen molar-refractivity contribution in [1.82, 2.24) is 4.72 Å². The third-order valence-corrected chi connectivity index (χ3v) is 4.33. The van der Waals surface area contributed by atoms with Crippen LogP contribution < -0.4 is 4.72 Å². The number of ether oxygens (including phenoxy) is 1. The summed E-state index contributed by atoms with van der Waals surface area (Å²) in [5, 5.41) is 8.74. The van der Waals surface area contributed by atoms with Crippen LogP contribution in [0.5, 0.6) is 0 Å². The summed E-state index contributed by atoms with van der Waals surface area (Å²) in [6, 6.07) is 5.96. The first-order valence-electron chi connectivity index (χ1n) is 5.59. The number of sulfonamides is 1. The lowest BCUT2D eigenvalue weighted by molar-refractivity contribution is 0.161. The van der Waals surface area contributed by atoms with Gasteiger partial charge in [-0.3, -0.25) is 0 Å². The Morgan fingerprint density at radius 3 is 2.74 bits per heavy atom. The molecular weight excluding hydrogens is 288 g/mol. The topological polar surface area (TPSA) is 79.2 Å². The zero-order valence-electron chi connectivity index (χ0n) is 10.7. The summed E-state index contributed by atoms with van der Waals surface area (Å²) in [7, 11) is -2.12. The standard InChI is InChI=1S/C12H15ClN2O3S/c1-9(8-18-2)7-15-19(16,17)12-4-3-10(6-14)5-11(12)13/h3-5,9,15H,7-8H2,1-2H3. The van der Waals surface area contributed by atoms with Crippen LogP contribution in [0, 0.1) is 17.2 Å². The van der Waals surface area contributed by atoms with Crippen molar-refractivity contribution in [3.8, 4) is 6.07 Å². The molecule has 0 fully saturated rings. The molecule has 0 saturated carbocycles. The Hall–Kier alpha value is -1.13. The molecule has 5 nitrogen and oxygen atoms in total. The third kappa shape index (κ3) is 4.48. The van der Waals surface area contributed by atoms with Crippen molar-refractivity contribution in [3.63, 3.8) is 0 Å². The molecule has 0 radical (unpaired) electrons. The molecule has 0 heterocycles. The Morgan fingerprint density at radius 2 is 2.21 bits per heavy atom. The molecule has 19 heavy (non-hydrogen) atoms. The van der Waals surface area contributed by atoms with Gasteiger partial charge in [-0.15, -0.1) is 0 Å². The first-order valence-corrected chi connectivity index (χ1v) is 7.45. The minimum absolute atomic E-state index is 0.0298. The highest BCUT2D eigenvalue weighted by atomic mass is 35.5. The maximum absolute atomic E-state index is 12.0. The molecule has 0 aliphatic heterocycles. The molecule has 104 valence electrons. The molecule has 0 aromatic heterocycles. The lowest BCUT2D eigenvalue weighted by Gasteiger charge is -2.12. The van der Waals surface area contributed by atoms with Gasteiger partial charge in [0, 0.05) is 20.3 Å². The third-order valence-electron chi connectivity index (χ3n) is 2.42. The maximum atomic E-state index is 12.0. The van der Waals surface area contributed by atoms with Gasteiger partial charge in [-0.2, -0.15) is 5.26 Å². The number of nitrogens with zero attached hydrogens (tertiary/aromatic N) is 1. The first-order chi connectivity index (χ1) is 8.90. The number of hydrogen-bond acceptors (Lipinski definition) is 4. The number of nitrogens with one attached hydrogen (secondary N) is 1. The van der Waals surface area contributed by atoms with Crippen molar-refractivity contribution in [2.24, 2.45) is 5.92 Å². The largest absolute Gasteiger partial charge is 0.384 e. The van der Waals surface area contributed by atoms with Gasteiger partial charge in [0.1, 0.15) is 4.90 Å². The zero-order chi connectivity index (χ0) is 14.5. The van der Waals surface area contributed by atoms with Crippen LogP contribution in [0.2, 0.25) is 5.02 Å². The van der Waals surface area contributed by atoms with Crippen LogP contribution >= 0.6 is 11.6 Å². The fourth-order valence-corrected chi connectivity index (χ4v) is 3.17. The van der Waals surface area contributed by atoms with Gasteiger partial charge in [0.05, 0.1) is 16.7 Å². The van der Waals surface area contributed by atoms with Crippen LogP contribution in [0.4, 0.5) is 0 Å². The fourth-order valence-electron chi connectivity index (χ4n) is 1.46. The van der Waals surface area contributed by atoms with Gasteiger partial charge >= 0.3 is 0 Å². The second-order valence-corrected chi connectivity index (χ2v) is 6.31. The zero-order valence-corrected chi connectivity index (χ0v) is 12.3. The first kappa shape index (κ1) is 15.9. The predicted molar refractivity (Wildman–Crippen MR) is 72.4 cm³/mol. The number of methoxy groups -OCH3 is 1. The van der Waals surface area contributed by atoms with Crippen LogP contribution in [0.15, 0.2) is 23.1 Å². The number of rotatable bonds is 6. The summed E-state index contributed by atoms with van der Waals surface area (Å²) in [5.74, 6) is 0.0527. The van der Waals surface area contributed by atoms with Crippen LogP contribution in [-0.2, 0) is 14.8 Å². The molecule has 0 aliphatic rings. The summed E-state index contributed by atoms with van der Waals surface area (Å²) in [4.78, 5) is -0.0298. The molecule has 1 aromatic rings. The SMILES string of the molecule is COCC(C)CNS(=O)(=O)c1ccc(C#N)cc1Cl. The van der Waals surface area contributed by atoms with Gasteiger partial charge in [0.2, 0.25) is 10.0 Å².